The zero-order valence-corrected chi connectivity index (χ0v) is 15.0. The fourth-order valence-electron chi connectivity index (χ4n) is 3.20. The van der Waals surface area contributed by atoms with Crippen LogP contribution in [0.3, 0.4) is 0 Å². The summed E-state index contributed by atoms with van der Waals surface area (Å²) in [6.07, 6.45) is 1.37. The minimum Gasteiger partial charge on any atom is -0.497 e. The number of hydrogen-bond donors (Lipinski definition) is 0. The second-order valence-corrected chi connectivity index (χ2v) is 6.49. The lowest BCUT2D eigenvalue weighted by Gasteiger charge is -2.29. The highest BCUT2D eigenvalue weighted by molar-refractivity contribution is 6.04. The molecule has 0 spiro atoms. The highest BCUT2D eigenvalue weighted by Crippen LogP contribution is 2.33. The summed E-state index contributed by atoms with van der Waals surface area (Å²) in [7, 11) is 1.66. The third kappa shape index (κ3) is 3.85. The summed E-state index contributed by atoms with van der Waals surface area (Å²) in [6, 6.07) is 27.2. The second kappa shape index (κ2) is 8.01. The summed E-state index contributed by atoms with van der Waals surface area (Å²) in [5.74, 6) is 0.874. The maximum Gasteiger partial charge on any atom is 0.173 e. The van der Waals surface area contributed by atoms with Crippen LogP contribution >= 0.6 is 0 Å². The summed E-state index contributed by atoms with van der Waals surface area (Å²) < 4.78 is 5.31. The fourth-order valence-corrected chi connectivity index (χ4v) is 3.20. The molecule has 0 heterocycles. The van der Waals surface area contributed by atoms with E-state index in [4.69, 9.17) is 4.74 Å². The number of ether oxygens (including phenoxy) is 1. The Bertz CT molecular complexity index is 856. The Morgan fingerprint density at radius 1 is 0.923 bits per heavy atom. The van der Waals surface area contributed by atoms with Crippen LogP contribution < -0.4 is 4.74 Å². The van der Waals surface area contributed by atoms with E-state index in [9.17, 15) is 4.79 Å². The van der Waals surface area contributed by atoms with Gasteiger partial charge >= 0.3 is 0 Å². The zero-order valence-electron chi connectivity index (χ0n) is 15.0. The van der Waals surface area contributed by atoms with Crippen molar-refractivity contribution >= 4 is 5.78 Å². The van der Waals surface area contributed by atoms with E-state index in [1.807, 2.05) is 78.9 Å². The Hall–Kier alpha value is -2.87. The average molecular weight is 343 g/mol. The average Bonchev–Trinajstić information content (AvgIpc) is 2.73. The van der Waals surface area contributed by atoms with Crippen LogP contribution in [0.1, 0.15) is 27.9 Å². The minimum atomic E-state index is -0.828. The van der Waals surface area contributed by atoms with Crippen LogP contribution in [-0.2, 0) is 11.8 Å². The standard InChI is InChI=1S/C24H23O2/c1-24(21-13-7-4-8-14-21,23(25)20-11-5-3-6-12-20)17-16-19-10-9-15-22(18-19)26-2/h3-15,18H,1,16-17H2,2H3. The molecule has 0 aromatic heterocycles. The summed E-state index contributed by atoms with van der Waals surface area (Å²) in [5, 5.41) is 0. The lowest BCUT2D eigenvalue weighted by molar-refractivity contribution is 0.0908. The van der Waals surface area contributed by atoms with Crippen molar-refractivity contribution in [3.63, 3.8) is 0 Å². The van der Waals surface area contributed by atoms with Crippen LogP contribution in [0, 0.1) is 6.92 Å². The normalized spacial score (nSPS) is 13.0. The molecule has 2 heteroatoms. The largest absolute Gasteiger partial charge is 0.497 e. The molecule has 1 radical (unpaired) electrons. The molecule has 0 aliphatic heterocycles. The molecule has 0 bridgehead atoms. The number of carbonyl (C=O) groups is 1. The summed E-state index contributed by atoms with van der Waals surface area (Å²) >= 11 is 0. The van der Waals surface area contributed by atoms with Gasteiger partial charge in [0, 0.05) is 5.56 Å². The first kappa shape index (κ1) is 17.9. The van der Waals surface area contributed by atoms with Crippen molar-refractivity contribution in [1.82, 2.24) is 0 Å². The van der Waals surface area contributed by atoms with Crippen LogP contribution in [-0.4, -0.2) is 12.9 Å². The molecule has 1 atom stereocenters. The van der Waals surface area contributed by atoms with Gasteiger partial charge in [0.2, 0.25) is 0 Å². The quantitative estimate of drug-likeness (QED) is 0.545. The number of benzene rings is 3. The maximum atomic E-state index is 13.3. The third-order valence-corrected chi connectivity index (χ3v) is 4.77. The molecule has 0 saturated heterocycles. The van der Waals surface area contributed by atoms with Gasteiger partial charge in [-0.15, -0.1) is 0 Å². The lowest BCUT2D eigenvalue weighted by Crippen LogP contribution is -2.33. The molecule has 0 amide bonds. The molecule has 3 aromatic carbocycles. The van der Waals surface area contributed by atoms with Gasteiger partial charge in [-0.1, -0.05) is 72.8 Å². The van der Waals surface area contributed by atoms with Crippen molar-refractivity contribution in [2.75, 3.05) is 7.11 Å². The predicted molar refractivity (Wildman–Crippen MR) is 106 cm³/mol. The smallest absolute Gasteiger partial charge is 0.173 e. The number of ketones is 1. The monoisotopic (exact) mass is 343 g/mol. The first-order valence-electron chi connectivity index (χ1n) is 8.77. The summed E-state index contributed by atoms with van der Waals surface area (Å²) in [6.45, 7) is 4.39. The maximum absolute atomic E-state index is 13.3. The minimum absolute atomic E-state index is 0.0483. The van der Waals surface area contributed by atoms with Gasteiger partial charge in [0.1, 0.15) is 5.75 Å². The van der Waals surface area contributed by atoms with Crippen LogP contribution in [0.5, 0.6) is 5.75 Å². The molecule has 0 aliphatic rings. The van der Waals surface area contributed by atoms with Gasteiger partial charge in [-0.25, -0.2) is 0 Å². The van der Waals surface area contributed by atoms with E-state index in [0.29, 0.717) is 12.0 Å². The van der Waals surface area contributed by atoms with Gasteiger partial charge < -0.3 is 4.74 Å². The topological polar surface area (TPSA) is 26.3 Å². The molecule has 3 aromatic rings. The molecule has 0 aliphatic carbocycles. The SMILES string of the molecule is [CH2]C(CCc1cccc(OC)c1)(C(=O)c1ccccc1)c1ccccc1. The Morgan fingerprint density at radius 3 is 2.23 bits per heavy atom. The van der Waals surface area contributed by atoms with Gasteiger partial charge in [-0.3, -0.25) is 4.79 Å². The molecule has 3 rings (SSSR count). The van der Waals surface area contributed by atoms with E-state index < -0.39 is 5.41 Å². The molecule has 0 fully saturated rings. The van der Waals surface area contributed by atoms with Crippen molar-refractivity contribution < 1.29 is 9.53 Å². The molecule has 2 nitrogen and oxygen atoms in total. The first-order chi connectivity index (χ1) is 12.6. The molecular weight excluding hydrogens is 320 g/mol. The van der Waals surface area contributed by atoms with E-state index in [1.54, 1.807) is 7.11 Å². The van der Waals surface area contributed by atoms with Crippen molar-refractivity contribution in [3.05, 3.63) is 109 Å². The van der Waals surface area contributed by atoms with Crippen molar-refractivity contribution in [3.8, 4) is 5.75 Å². The Balaban J connectivity index is 1.92. The molecule has 0 saturated carbocycles. The number of aryl methyl sites for hydroxylation is 1. The predicted octanol–water partition coefficient (Wildman–Crippen LogP) is 5.28. The van der Waals surface area contributed by atoms with Gasteiger partial charge in [0.15, 0.2) is 5.78 Å². The second-order valence-electron chi connectivity index (χ2n) is 6.49. The van der Waals surface area contributed by atoms with E-state index in [2.05, 4.69) is 13.0 Å². The number of hydrogen-bond acceptors (Lipinski definition) is 2. The molecule has 26 heavy (non-hydrogen) atoms. The zero-order chi connectivity index (χ0) is 18.4. The Morgan fingerprint density at radius 2 is 1.58 bits per heavy atom. The Kier molecular flexibility index (Phi) is 5.52. The van der Waals surface area contributed by atoms with Gasteiger partial charge in [-0.2, -0.15) is 0 Å². The number of rotatable bonds is 7. The number of carbonyl (C=O) groups excluding carboxylic acids is 1. The summed E-state index contributed by atoms with van der Waals surface area (Å²) in [4.78, 5) is 13.3. The summed E-state index contributed by atoms with van der Waals surface area (Å²) in [5.41, 5.74) is 1.94. The van der Waals surface area contributed by atoms with Crippen LogP contribution in [0.2, 0.25) is 0 Å². The highest BCUT2D eigenvalue weighted by atomic mass is 16.5. The van der Waals surface area contributed by atoms with E-state index in [1.165, 1.54) is 0 Å². The van der Waals surface area contributed by atoms with E-state index >= 15 is 0 Å². The van der Waals surface area contributed by atoms with Crippen molar-refractivity contribution in [2.24, 2.45) is 0 Å². The van der Waals surface area contributed by atoms with Crippen molar-refractivity contribution in [1.29, 1.82) is 0 Å². The first-order valence-corrected chi connectivity index (χ1v) is 8.77. The van der Waals surface area contributed by atoms with Gasteiger partial charge in [0.05, 0.1) is 12.5 Å². The van der Waals surface area contributed by atoms with E-state index in [0.717, 1.165) is 23.3 Å². The fraction of sp³-hybridized carbons (Fsp3) is 0.167. The third-order valence-electron chi connectivity index (χ3n) is 4.77. The van der Waals surface area contributed by atoms with Crippen LogP contribution in [0.4, 0.5) is 0 Å². The van der Waals surface area contributed by atoms with Crippen molar-refractivity contribution in [2.45, 2.75) is 18.3 Å². The van der Waals surface area contributed by atoms with Gasteiger partial charge in [0.25, 0.3) is 0 Å². The van der Waals surface area contributed by atoms with Crippen LogP contribution in [0.25, 0.3) is 0 Å². The molecule has 1 unspecified atom stereocenters. The lowest BCUT2D eigenvalue weighted by atomic mass is 9.72. The Labute approximate surface area is 155 Å². The van der Waals surface area contributed by atoms with Crippen LogP contribution in [0.15, 0.2) is 84.9 Å². The highest BCUT2D eigenvalue weighted by Gasteiger charge is 2.35. The molecule has 0 N–H and O–H groups in total. The van der Waals surface area contributed by atoms with E-state index in [-0.39, 0.29) is 5.78 Å². The van der Waals surface area contributed by atoms with Gasteiger partial charge in [-0.05, 0) is 43.0 Å². The molecular formula is C24H23O2. The molecule has 131 valence electrons. The number of methoxy groups -OCH3 is 1. The number of Topliss-reactive ketones (excluding diaryl/α,β-unsaturated/α-hetero) is 1.